The third kappa shape index (κ3) is 8.60. The van der Waals surface area contributed by atoms with Gasteiger partial charge in [0.2, 0.25) is 11.8 Å². The van der Waals surface area contributed by atoms with Crippen LogP contribution < -0.4 is 10.6 Å². The van der Waals surface area contributed by atoms with Gasteiger partial charge in [-0.25, -0.2) is 4.79 Å². The van der Waals surface area contributed by atoms with Gasteiger partial charge >= 0.3 is 5.97 Å². The van der Waals surface area contributed by atoms with E-state index in [4.69, 9.17) is 4.74 Å². The molecule has 3 rings (SSSR count). The predicted octanol–water partition coefficient (Wildman–Crippen LogP) is 7.47. The summed E-state index contributed by atoms with van der Waals surface area (Å²) in [6, 6.07) is 7.60. The number of esters is 1. The van der Waals surface area contributed by atoms with Crippen LogP contribution >= 0.6 is 23.1 Å². The number of hydrogen-bond donors (Lipinski definition) is 2. The van der Waals surface area contributed by atoms with Crippen molar-refractivity contribution in [3.8, 4) is 0 Å². The van der Waals surface area contributed by atoms with E-state index >= 15 is 0 Å². The second-order valence-electron chi connectivity index (χ2n) is 10.7. The molecular weight excluding hydrogens is 504 g/mol. The predicted molar refractivity (Wildman–Crippen MR) is 154 cm³/mol. The molecule has 8 heteroatoms. The van der Waals surface area contributed by atoms with Gasteiger partial charge in [-0.3, -0.25) is 9.59 Å². The van der Waals surface area contributed by atoms with Crippen molar-refractivity contribution in [2.24, 2.45) is 5.41 Å². The molecule has 37 heavy (non-hydrogen) atoms. The number of aryl methyl sites for hydroxylation is 1. The molecule has 2 N–H and O–H groups in total. The average Bonchev–Trinajstić information content (AvgIpc) is 3.12. The minimum Gasteiger partial charge on any atom is -0.462 e. The number of amides is 2. The second-order valence-corrected chi connectivity index (χ2v) is 13.0. The summed E-state index contributed by atoms with van der Waals surface area (Å²) >= 11 is 2.99. The van der Waals surface area contributed by atoms with Crippen LogP contribution in [0.4, 0.5) is 10.7 Å². The highest BCUT2D eigenvalue weighted by atomic mass is 32.2. The molecule has 1 unspecified atom stereocenters. The minimum absolute atomic E-state index is 0.0285. The molecule has 1 aliphatic carbocycles. The number of carbonyl (C=O) groups excluding carboxylic acids is 3. The Kier molecular flexibility index (Phi) is 10.6. The number of nitrogens with one attached hydrogen (secondary N) is 2. The van der Waals surface area contributed by atoms with Crippen molar-refractivity contribution in [1.29, 1.82) is 0 Å². The smallest absolute Gasteiger partial charge is 0.341 e. The molecule has 1 aromatic heterocycles. The van der Waals surface area contributed by atoms with Crippen molar-refractivity contribution in [3.05, 3.63) is 40.3 Å². The Morgan fingerprint density at radius 2 is 1.78 bits per heavy atom. The quantitative estimate of drug-likeness (QED) is 0.253. The van der Waals surface area contributed by atoms with Crippen molar-refractivity contribution in [2.75, 3.05) is 17.2 Å². The van der Waals surface area contributed by atoms with Crippen LogP contribution in [0.15, 0.2) is 29.2 Å². The first kappa shape index (κ1) is 29.2. The molecule has 2 amide bonds. The zero-order valence-corrected chi connectivity index (χ0v) is 24.3. The third-order valence-electron chi connectivity index (χ3n) is 6.14. The van der Waals surface area contributed by atoms with Gasteiger partial charge in [0.05, 0.1) is 17.4 Å². The van der Waals surface area contributed by atoms with Crippen molar-refractivity contribution in [1.82, 2.24) is 0 Å². The summed E-state index contributed by atoms with van der Waals surface area (Å²) < 4.78 is 5.38. The highest BCUT2D eigenvalue weighted by molar-refractivity contribution is 8.00. The first-order chi connectivity index (χ1) is 17.6. The zero-order chi connectivity index (χ0) is 27.0. The SMILES string of the molecule is CCOC(=O)c1c(NC(=O)C(CC)Sc2cccc(NC(=O)CC(C)(C)C)c2)sc2c1CCCCCC2. The van der Waals surface area contributed by atoms with Gasteiger partial charge in [0.1, 0.15) is 5.00 Å². The maximum atomic E-state index is 13.4. The van der Waals surface area contributed by atoms with Crippen LogP contribution in [0.1, 0.15) is 93.9 Å². The summed E-state index contributed by atoms with van der Waals surface area (Å²) in [5, 5.41) is 6.31. The fourth-order valence-corrected chi connectivity index (χ4v) is 6.73. The number of carbonyl (C=O) groups is 3. The van der Waals surface area contributed by atoms with Gasteiger partial charge in [0, 0.05) is 21.9 Å². The molecule has 202 valence electrons. The van der Waals surface area contributed by atoms with E-state index in [1.165, 1.54) is 34.4 Å². The van der Waals surface area contributed by atoms with Crippen LogP contribution in [-0.4, -0.2) is 29.6 Å². The van der Waals surface area contributed by atoms with Crippen LogP contribution in [-0.2, 0) is 27.2 Å². The molecule has 0 saturated heterocycles. The van der Waals surface area contributed by atoms with E-state index in [9.17, 15) is 14.4 Å². The van der Waals surface area contributed by atoms with Gasteiger partial charge in [0.25, 0.3) is 0 Å². The van der Waals surface area contributed by atoms with Gasteiger partial charge in [-0.2, -0.15) is 0 Å². The van der Waals surface area contributed by atoms with Gasteiger partial charge < -0.3 is 15.4 Å². The van der Waals surface area contributed by atoms with Crippen LogP contribution in [0.3, 0.4) is 0 Å². The number of hydrogen-bond acceptors (Lipinski definition) is 6. The third-order valence-corrected chi connectivity index (χ3v) is 8.70. The van der Waals surface area contributed by atoms with Crippen molar-refractivity contribution in [3.63, 3.8) is 0 Å². The monoisotopic (exact) mass is 544 g/mol. The van der Waals surface area contributed by atoms with Crippen molar-refractivity contribution >= 4 is 51.6 Å². The minimum atomic E-state index is -0.352. The summed E-state index contributed by atoms with van der Waals surface area (Å²) in [7, 11) is 0. The Balaban J connectivity index is 1.76. The molecular formula is C29H40N2O4S2. The summed E-state index contributed by atoms with van der Waals surface area (Å²) in [5.74, 6) is -0.510. The van der Waals surface area contributed by atoms with Crippen molar-refractivity contribution < 1.29 is 19.1 Å². The number of rotatable bonds is 9. The largest absolute Gasteiger partial charge is 0.462 e. The summed E-state index contributed by atoms with van der Waals surface area (Å²) in [5.41, 5.74) is 2.22. The number of thioether (sulfide) groups is 1. The Hall–Kier alpha value is -2.32. The maximum absolute atomic E-state index is 13.4. The zero-order valence-electron chi connectivity index (χ0n) is 22.7. The summed E-state index contributed by atoms with van der Waals surface area (Å²) in [6.45, 7) is 10.2. The fourth-order valence-electron chi connectivity index (χ4n) is 4.44. The lowest BCUT2D eigenvalue weighted by molar-refractivity contribution is -0.118. The molecule has 6 nitrogen and oxygen atoms in total. The molecule has 0 fully saturated rings. The molecule has 1 heterocycles. The number of ether oxygens (including phenoxy) is 1. The van der Waals surface area contributed by atoms with Crippen LogP contribution in [0, 0.1) is 5.41 Å². The maximum Gasteiger partial charge on any atom is 0.341 e. The topological polar surface area (TPSA) is 84.5 Å². The van der Waals surface area contributed by atoms with Gasteiger partial charge in [-0.1, -0.05) is 46.6 Å². The average molecular weight is 545 g/mol. The molecule has 1 atom stereocenters. The van der Waals surface area contributed by atoms with Crippen LogP contribution in [0.5, 0.6) is 0 Å². The molecule has 0 bridgehead atoms. The standard InChI is InChI=1S/C29H40N2O4S2/c1-6-22(36-20-14-12-13-19(17-20)30-24(32)18-29(3,4)5)26(33)31-27-25(28(34)35-7-2)21-15-10-8-9-11-16-23(21)37-27/h12-14,17,22H,6-11,15-16,18H2,1-5H3,(H,30,32)(H,31,33). The lowest BCUT2D eigenvalue weighted by Gasteiger charge is -2.18. The molecule has 1 aromatic carbocycles. The number of fused-ring (bicyclic) bond motifs is 1. The van der Waals surface area contributed by atoms with E-state index in [0.717, 1.165) is 48.3 Å². The normalized spacial score (nSPS) is 14.6. The Morgan fingerprint density at radius 1 is 1.05 bits per heavy atom. The number of benzene rings is 1. The molecule has 0 saturated carbocycles. The molecule has 2 aromatic rings. The highest BCUT2D eigenvalue weighted by Gasteiger charge is 2.28. The number of thiophene rings is 1. The second kappa shape index (κ2) is 13.5. The Morgan fingerprint density at radius 3 is 2.46 bits per heavy atom. The van der Waals surface area contributed by atoms with Crippen molar-refractivity contribution in [2.45, 2.75) is 96.1 Å². The lowest BCUT2D eigenvalue weighted by Crippen LogP contribution is -2.25. The molecule has 0 aliphatic heterocycles. The number of anilines is 2. The summed E-state index contributed by atoms with van der Waals surface area (Å²) in [4.78, 5) is 40.8. The van der Waals surface area contributed by atoms with Crippen LogP contribution in [0.25, 0.3) is 0 Å². The van der Waals surface area contributed by atoms with Gasteiger partial charge in [-0.15, -0.1) is 23.1 Å². The van der Waals surface area contributed by atoms with Gasteiger partial charge in [0.15, 0.2) is 0 Å². The van der Waals surface area contributed by atoms with Crippen LogP contribution in [0.2, 0.25) is 0 Å². The molecule has 0 spiro atoms. The van der Waals surface area contributed by atoms with E-state index < -0.39 is 0 Å². The fraction of sp³-hybridized carbons (Fsp3) is 0.552. The molecule has 1 aliphatic rings. The van der Waals surface area contributed by atoms with E-state index in [1.807, 2.05) is 52.0 Å². The van der Waals surface area contributed by atoms with E-state index in [2.05, 4.69) is 10.6 Å². The first-order valence-corrected chi connectivity index (χ1v) is 15.0. The Bertz CT molecular complexity index is 1100. The highest BCUT2D eigenvalue weighted by Crippen LogP contribution is 2.38. The van der Waals surface area contributed by atoms with Gasteiger partial charge in [-0.05, 0) is 68.2 Å². The van der Waals surface area contributed by atoms with E-state index in [1.54, 1.807) is 6.92 Å². The first-order valence-electron chi connectivity index (χ1n) is 13.3. The van der Waals surface area contributed by atoms with E-state index in [-0.39, 0.29) is 28.4 Å². The molecule has 0 radical (unpaired) electrons. The Labute approximate surface area is 229 Å². The summed E-state index contributed by atoms with van der Waals surface area (Å²) in [6.07, 6.45) is 7.31. The van der Waals surface area contributed by atoms with E-state index in [0.29, 0.717) is 30.0 Å². The lowest BCUT2D eigenvalue weighted by atomic mass is 9.92.